The lowest BCUT2D eigenvalue weighted by Crippen LogP contribution is -2.30. The molecule has 1 atom stereocenters. The fraction of sp³-hybridized carbons (Fsp3) is 0.160. The lowest BCUT2D eigenvalue weighted by Gasteiger charge is -2.21. The first-order valence-corrected chi connectivity index (χ1v) is 10.7. The number of Topliss-reactive ketones (excluding diaryl/α,β-unsaturated/α-hetero) is 1. The summed E-state index contributed by atoms with van der Waals surface area (Å²) in [5.41, 5.74) is 2.60. The van der Waals surface area contributed by atoms with Gasteiger partial charge in [0.2, 0.25) is 5.95 Å². The molecule has 4 aromatic rings. The van der Waals surface area contributed by atoms with E-state index in [0.717, 1.165) is 11.1 Å². The van der Waals surface area contributed by atoms with Gasteiger partial charge in [0.1, 0.15) is 30.8 Å². The molecule has 0 saturated carbocycles. The van der Waals surface area contributed by atoms with Crippen LogP contribution in [-0.4, -0.2) is 40.0 Å². The van der Waals surface area contributed by atoms with Crippen LogP contribution in [0.4, 0.5) is 5.95 Å². The summed E-state index contributed by atoms with van der Waals surface area (Å²) in [6.45, 7) is 2.75. The van der Waals surface area contributed by atoms with Gasteiger partial charge < -0.3 is 24.0 Å². The number of aliphatic hydroxyl groups is 1. The van der Waals surface area contributed by atoms with E-state index in [-0.39, 0.29) is 17.3 Å². The zero-order valence-electron chi connectivity index (χ0n) is 18.1. The highest BCUT2D eigenvalue weighted by Crippen LogP contribution is 2.43. The number of fused-ring (bicyclic) bond motifs is 2. The predicted octanol–water partition coefficient (Wildman–Crippen LogP) is 3.86. The first-order valence-electron chi connectivity index (χ1n) is 10.7. The van der Waals surface area contributed by atoms with Gasteiger partial charge in [-0.1, -0.05) is 6.07 Å². The number of carbonyl (C=O) groups is 2. The summed E-state index contributed by atoms with van der Waals surface area (Å²) < 4.78 is 16.7. The maximum Gasteiger partial charge on any atom is 0.302 e. The van der Waals surface area contributed by atoms with Crippen molar-refractivity contribution in [2.24, 2.45) is 0 Å². The van der Waals surface area contributed by atoms with Crippen molar-refractivity contribution in [2.45, 2.75) is 13.0 Å². The summed E-state index contributed by atoms with van der Waals surface area (Å²) >= 11 is 0. The second-order valence-corrected chi connectivity index (χ2v) is 8.12. The fourth-order valence-electron chi connectivity index (χ4n) is 4.34. The number of carbonyl (C=O) groups excluding carboxylic acids is 2. The number of benzene rings is 2. The number of imidazole rings is 1. The van der Waals surface area contributed by atoms with Crippen LogP contribution in [-0.2, 0) is 9.59 Å². The average molecular weight is 457 g/mol. The average Bonchev–Trinajstić information content (AvgIpc) is 3.57. The molecule has 4 heterocycles. The van der Waals surface area contributed by atoms with E-state index in [1.54, 1.807) is 30.3 Å². The smallest absolute Gasteiger partial charge is 0.302 e. The topological polar surface area (TPSA) is 118 Å². The number of aliphatic hydroxyl groups excluding tert-OH is 1. The number of hydrogen-bond donors (Lipinski definition) is 2. The van der Waals surface area contributed by atoms with Gasteiger partial charge in [-0.2, -0.15) is 0 Å². The Labute approximate surface area is 193 Å². The van der Waals surface area contributed by atoms with Crippen LogP contribution in [0, 0.1) is 6.92 Å². The molecule has 34 heavy (non-hydrogen) atoms. The van der Waals surface area contributed by atoms with Gasteiger partial charge in [0.05, 0.1) is 22.9 Å². The predicted molar refractivity (Wildman–Crippen MR) is 122 cm³/mol. The van der Waals surface area contributed by atoms with Crippen LogP contribution in [0.25, 0.3) is 16.8 Å². The van der Waals surface area contributed by atoms with E-state index in [0.29, 0.717) is 41.6 Å². The Morgan fingerprint density at radius 3 is 2.71 bits per heavy atom. The normalized spacial score (nSPS) is 19.2. The summed E-state index contributed by atoms with van der Waals surface area (Å²) in [6, 6.07) is 12.8. The molecule has 2 aromatic heterocycles. The highest BCUT2D eigenvalue weighted by atomic mass is 16.6. The van der Waals surface area contributed by atoms with E-state index in [1.165, 1.54) is 11.2 Å². The Bertz CT molecular complexity index is 1480. The Morgan fingerprint density at radius 1 is 1.09 bits per heavy atom. The van der Waals surface area contributed by atoms with Crippen LogP contribution >= 0.6 is 0 Å². The van der Waals surface area contributed by atoms with E-state index < -0.39 is 17.7 Å². The van der Waals surface area contributed by atoms with Crippen molar-refractivity contribution in [3.8, 4) is 11.5 Å². The molecule has 0 aliphatic carbocycles. The van der Waals surface area contributed by atoms with Crippen LogP contribution in [0.1, 0.15) is 22.9 Å². The van der Waals surface area contributed by atoms with Crippen LogP contribution in [0.2, 0.25) is 0 Å². The van der Waals surface area contributed by atoms with Gasteiger partial charge in [0.15, 0.2) is 11.5 Å². The largest absolute Gasteiger partial charge is 0.507 e. The quantitative estimate of drug-likeness (QED) is 0.272. The van der Waals surface area contributed by atoms with Crippen molar-refractivity contribution in [2.75, 3.05) is 18.1 Å². The number of aromatic amines is 1. The minimum absolute atomic E-state index is 0.103. The molecule has 1 saturated heterocycles. The molecule has 1 unspecified atom stereocenters. The Balaban J connectivity index is 1.52. The molecule has 2 aromatic carbocycles. The number of anilines is 1. The number of ketones is 1. The number of H-pyrrole nitrogens is 1. The van der Waals surface area contributed by atoms with Crippen LogP contribution < -0.4 is 14.4 Å². The van der Waals surface area contributed by atoms with Gasteiger partial charge in [-0.25, -0.2) is 4.98 Å². The number of aromatic nitrogens is 2. The van der Waals surface area contributed by atoms with Gasteiger partial charge in [0, 0.05) is 5.56 Å². The third-order valence-electron chi connectivity index (χ3n) is 5.93. The number of hydrogen-bond acceptors (Lipinski definition) is 7. The third-order valence-corrected chi connectivity index (χ3v) is 5.93. The van der Waals surface area contributed by atoms with Crippen molar-refractivity contribution in [1.29, 1.82) is 0 Å². The van der Waals surface area contributed by atoms with Crippen molar-refractivity contribution in [3.63, 3.8) is 0 Å². The third kappa shape index (κ3) is 3.05. The zero-order chi connectivity index (χ0) is 23.4. The van der Waals surface area contributed by atoms with Gasteiger partial charge >= 0.3 is 5.91 Å². The Hall–Kier alpha value is -4.53. The Morgan fingerprint density at radius 2 is 1.91 bits per heavy atom. The van der Waals surface area contributed by atoms with Gasteiger partial charge in [-0.3, -0.25) is 14.5 Å². The standard InChI is InChI=1S/C25H19N3O6/c1-13-4-6-15-16(11-13)27-25(26-15)28-21(18-3-2-8-32-18)20(23(30)24(28)31)22(29)14-5-7-17-19(12-14)34-10-9-33-17/h2-8,11-12,21,29H,9-10H2,1H3,(H,26,27)/b22-20+. The molecular formula is C25H19N3O6. The molecule has 170 valence electrons. The molecule has 2 aliphatic rings. The van der Waals surface area contributed by atoms with E-state index in [2.05, 4.69) is 9.97 Å². The molecular weight excluding hydrogens is 438 g/mol. The number of nitrogens with one attached hydrogen (secondary N) is 1. The number of nitrogens with zero attached hydrogens (tertiary/aromatic N) is 2. The number of aryl methyl sites for hydroxylation is 1. The van der Waals surface area contributed by atoms with Crippen molar-refractivity contribution in [3.05, 3.63) is 77.3 Å². The summed E-state index contributed by atoms with van der Waals surface area (Å²) in [4.78, 5) is 35.3. The maximum absolute atomic E-state index is 13.2. The molecule has 9 heteroatoms. The number of rotatable bonds is 3. The van der Waals surface area contributed by atoms with Crippen molar-refractivity contribution < 1.29 is 28.6 Å². The maximum atomic E-state index is 13.2. The fourth-order valence-corrected chi connectivity index (χ4v) is 4.34. The Kier molecular flexibility index (Phi) is 4.44. The lowest BCUT2D eigenvalue weighted by molar-refractivity contribution is -0.132. The number of furan rings is 1. The van der Waals surface area contributed by atoms with Crippen LogP contribution in [0.3, 0.4) is 0 Å². The molecule has 2 N–H and O–H groups in total. The van der Waals surface area contributed by atoms with E-state index in [4.69, 9.17) is 13.9 Å². The molecule has 0 spiro atoms. The van der Waals surface area contributed by atoms with E-state index >= 15 is 0 Å². The van der Waals surface area contributed by atoms with Gasteiger partial charge in [0.25, 0.3) is 5.78 Å². The zero-order valence-corrected chi connectivity index (χ0v) is 18.1. The van der Waals surface area contributed by atoms with Gasteiger partial charge in [-0.15, -0.1) is 0 Å². The highest BCUT2D eigenvalue weighted by Gasteiger charge is 2.49. The van der Waals surface area contributed by atoms with Crippen molar-refractivity contribution in [1.82, 2.24) is 9.97 Å². The molecule has 0 bridgehead atoms. The molecule has 1 fully saturated rings. The first-order chi connectivity index (χ1) is 16.5. The number of amides is 1. The van der Waals surface area contributed by atoms with E-state index in [9.17, 15) is 14.7 Å². The van der Waals surface area contributed by atoms with Crippen molar-refractivity contribution >= 4 is 34.4 Å². The second kappa shape index (κ2) is 7.51. The monoisotopic (exact) mass is 457 g/mol. The summed E-state index contributed by atoms with van der Waals surface area (Å²) in [6.07, 6.45) is 1.45. The summed E-state index contributed by atoms with van der Waals surface area (Å²) in [5, 5.41) is 11.2. The molecule has 6 rings (SSSR count). The molecule has 0 radical (unpaired) electrons. The van der Waals surface area contributed by atoms with Crippen LogP contribution in [0.15, 0.2) is 64.8 Å². The second-order valence-electron chi connectivity index (χ2n) is 8.12. The number of ether oxygens (including phenoxy) is 2. The van der Waals surface area contributed by atoms with E-state index in [1.807, 2.05) is 25.1 Å². The first kappa shape index (κ1) is 20.1. The highest BCUT2D eigenvalue weighted by molar-refractivity contribution is 6.51. The van der Waals surface area contributed by atoms with Gasteiger partial charge in [-0.05, 0) is 55.0 Å². The summed E-state index contributed by atoms with van der Waals surface area (Å²) in [5.74, 6) is -0.511. The summed E-state index contributed by atoms with van der Waals surface area (Å²) in [7, 11) is 0. The molecule has 9 nitrogen and oxygen atoms in total. The minimum Gasteiger partial charge on any atom is -0.507 e. The lowest BCUT2D eigenvalue weighted by atomic mass is 9.99. The SMILES string of the molecule is Cc1ccc2nc(N3C(=O)C(=O)/C(=C(/O)c4ccc5c(c4)OCCO5)C3c3ccco3)[nH]c2c1. The molecule has 2 aliphatic heterocycles. The van der Waals surface area contributed by atoms with Crippen LogP contribution in [0.5, 0.6) is 11.5 Å². The minimum atomic E-state index is -1.01. The molecule has 1 amide bonds.